The van der Waals surface area contributed by atoms with Crippen LogP contribution < -0.4 is 10.7 Å². The van der Waals surface area contributed by atoms with Crippen LogP contribution in [-0.4, -0.2) is 23.1 Å². The third kappa shape index (κ3) is 4.96. The minimum atomic E-state index is -0.653. The first-order valence-electron chi connectivity index (χ1n) is 9.74. The van der Waals surface area contributed by atoms with Crippen LogP contribution in [0.2, 0.25) is 0 Å². The van der Waals surface area contributed by atoms with Crippen molar-refractivity contribution in [3.8, 4) is 0 Å². The number of pyridine rings is 1. The number of rotatable bonds is 7. The fourth-order valence-electron chi connectivity index (χ4n) is 3.26. The van der Waals surface area contributed by atoms with E-state index >= 15 is 0 Å². The zero-order chi connectivity index (χ0) is 21.1. The van der Waals surface area contributed by atoms with Gasteiger partial charge in [0.05, 0.1) is 11.1 Å². The summed E-state index contributed by atoms with van der Waals surface area (Å²) in [6, 6.07) is 6.17. The van der Waals surface area contributed by atoms with Crippen LogP contribution in [0.1, 0.15) is 58.9 Å². The summed E-state index contributed by atoms with van der Waals surface area (Å²) in [5.74, 6) is -0.784. The van der Waals surface area contributed by atoms with Gasteiger partial charge in [-0.3, -0.25) is 9.59 Å². The fourth-order valence-corrected chi connectivity index (χ4v) is 3.68. The zero-order valence-electron chi connectivity index (χ0n) is 16.9. The largest absolute Gasteiger partial charge is 0.462 e. The van der Waals surface area contributed by atoms with Gasteiger partial charge in [-0.05, 0) is 67.1 Å². The molecule has 2 aromatic rings. The number of benzene rings is 1. The van der Waals surface area contributed by atoms with E-state index < -0.39 is 5.97 Å². The van der Waals surface area contributed by atoms with E-state index in [9.17, 15) is 14.4 Å². The second-order valence-electron chi connectivity index (χ2n) is 7.46. The number of carbonyl (C=O) groups is 2. The first kappa shape index (κ1) is 21.3. The lowest BCUT2D eigenvalue weighted by atomic mass is 10.1. The molecule has 1 fully saturated rings. The summed E-state index contributed by atoms with van der Waals surface area (Å²) in [4.78, 5) is 37.0. The number of carbonyl (C=O) groups excluding carboxylic acids is 2. The molecule has 0 spiro atoms. The molecule has 0 bridgehead atoms. The molecule has 1 aliphatic carbocycles. The number of halogens is 1. The standard InChI is InChI=1S/C22H25BrN2O4/c1-13-6-4-7-14(2)20(13)24-18(26)8-5-11-29-22(28)17-12-25(16-9-10-16)15(3)19(23)21(17)27/h4,6-7,12,16H,5,8-11H2,1-3H3,(H,24,26). The van der Waals surface area contributed by atoms with Crippen LogP contribution in [-0.2, 0) is 9.53 Å². The Morgan fingerprint density at radius 2 is 1.86 bits per heavy atom. The Balaban J connectivity index is 1.54. The predicted octanol–water partition coefficient (Wildman–Crippen LogP) is 4.45. The number of esters is 1. The van der Waals surface area contributed by atoms with Gasteiger partial charge in [-0.1, -0.05) is 18.2 Å². The number of aromatic nitrogens is 1. The molecule has 7 heteroatoms. The van der Waals surface area contributed by atoms with Crippen LogP contribution >= 0.6 is 15.9 Å². The number of nitrogens with zero attached hydrogens (tertiary/aromatic N) is 1. The van der Waals surface area contributed by atoms with E-state index in [2.05, 4.69) is 21.2 Å². The molecule has 1 aliphatic rings. The quantitative estimate of drug-likeness (QED) is 0.489. The molecule has 0 saturated heterocycles. The van der Waals surface area contributed by atoms with Crippen LogP contribution in [0.4, 0.5) is 5.69 Å². The molecular weight excluding hydrogens is 436 g/mol. The third-order valence-corrected chi connectivity index (χ3v) is 6.04. The molecule has 1 saturated carbocycles. The van der Waals surface area contributed by atoms with E-state index in [4.69, 9.17) is 4.74 Å². The SMILES string of the molecule is Cc1cccc(C)c1NC(=O)CCCOC(=O)c1cn(C2CC2)c(C)c(Br)c1=O. The Labute approximate surface area is 178 Å². The maximum absolute atomic E-state index is 12.4. The number of anilines is 1. The number of amides is 1. The van der Waals surface area contributed by atoms with Gasteiger partial charge < -0.3 is 14.6 Å². The Kier molecular flexibility index (Phi) is 6.57. The highest BCUT2D eigenvalue weighted by Gasteiger charge is 2.27. The highest BCUT2D eigenvalue weighted by Crippen LogP contribution is 2.36. The molecule has 0 unspecified atom stereocenters. The molecular formula is C22H25BrN2O4. The number of ether oxygens (including phenoxy) is 1. The zero-order valence-corrected chi connectivity index (χ0v) is 18.5. The summed E-state index contributed by atoms with van der Waals surface area (Å²) < 4.78 is 7.61. The average Bonchev–Trinajstić information content (AvgIpc) is 3.51. The minimum absolute atomic E-state index is 0.0226. The lowest BCUT2D eigenvalue weighted by Crippen LogP contribution is -2.23. The summed E-state index contributed by atoms with van der Waals surface area (Å²) >= 11 is 3.30. The number of para-hydroxylation sites is 1. The van der Waals surface area contributed by atoms with E-state index in [0.717, 1.165) is 35.3 Å². The second-order valence-corrected chi connectivity index (χ2v) is 8.26. The van der Waals surface area contributed by atoms with Crippen molar-refractivity contribution in [1.82, 2.24) is 4.57 Å². The normalized spacial score (nSPS) is 13.2. The van der Waals surface area contributed by atoms with Gasteiger partial charge in [0.2, 0.25) is 11.3 Å². The molecule has 0 radical (unpaired) electrons. The Morgan fingerprint density at radius 1 is 1.21 bits per heavy atom. The molecule has 1 N–H and O–H groups in total. The first-order chi connectivity index (χ1) is 13.8. The van der Waals surface area contributed by atoms with Gasteiger partial charge in [-0.2, -0.15) is 0 Å². The number of aryl methyl sites for hydroxylation is 2. The lowest BCUT2D eigenvalue weighted by Gasteiger charge is -2.13. The van der Waals surface area contributed by atoms with E-state index in [1.54, 1.807) is 6.20 Å². The fraction of sp³-hybridized carbons (Fsp3) is 0.409. The summed E-state index contributed by atoms with van der Waals surface area (Å²) in [5, 5.41) is 2.91. The maximum atomic E-state index is 12.4. The Morgan fingerprint density at radius 3 is 2.48 bits per heavy atom. The minimum Gasteiger partial charge on any atom is -0.462 e. The predicted molar refractivity (Wildman–Crippen MR) is 115 cm³/mol. The summed E-state index contributed by atoms with van der Waals surface area (Å²) in [7, 11) is 0. The van der Waals surface area contributed by atoms with E-state index in [-0.39, 0.29) is 29.9 Å². The monoisotopic (exact) mass is 460 g/mol. The van der Waals surface area contributed by atoms with Crippen molar-refractivity contribution >= 4 is 33.5 Å². The Bertz CT molecular complexity index is 988. The van der Waals surface area contributed by atoms with Gasteiger partial charge in [-0.15, -0.1) is 0 Å². The molecule has 1 aromatic carbocycles. The van der Waals surface area contributed by atoms with Crippen molar-refractivity contribution in [1.29, 1.82) is 0 Å². The lowest BCUT2D eigenvalue weighted by molar-refractivity contribution is -0.116. The van der Waals surface area contributed by atoms with Crippen LogP contribution in [0.15, 0.2) is 33.7 Å². The molecule has 0 aliphatic heterocycles. The van der Waals surface area contributed by atoms with Crippen molar-refractivity contribution in [2.24, 2.45) is 0 Å². The second kappa shape index (κ2) is 8.95. The van der Waals surface area contributed by atoms with Crippen molar-refractivity contribution in [2.75, 3.05) is 11.9 Å². The Hall–Kier alpha value is -2.41. The number of nitrogens with one attached hydrogen (secondary N) is 1. The number of hydrogen-bond donors (Lipinski definition) is 1. The highest BCUT2D eigenvalue weighted by atomic mass is 79.9. The smallest absolute Gasteiger partial charge is 0.343 e. The van der Waals surface area contributed by atoms with Gasteiger partial charge in [-0.25, -0.2) is 4.79 Å². The summed E-state index contributed by atoms with van der Waals surface area (Å²) in [6.45, 7) is 5.82. The molecule has 3 rings (SSSR count). The molecule has 0 atom stereocenters. The van der Waals surface area contributed by atoms with Gasteiger partial charge in [0.25, 0.3) is 0 Å². The van der Waals surface area contributed by atoms with Crippen LogP contribution in [0.5, 0.6) is 0 Å². The van der Waals surface area contributed by atoms with E-state index in [1.165, 1.54) is 0 Å². The van der Waals surface area contributed by atoms with Crippen molar-refractivity contribution in [2.45, 2.75) is 52.5 Å². The average molecular weight is 461 g/mol. The van der Waals surface area contributed by atoms with Gasteiger partial charge in [0.15, 0.2) is 0 Å². The molecule has 1 aromatic heterocycles. The molecule has 154 valence electrons. The van der Waals surface area contributed by atoms with E-state index in [1.807, 2.05) is 43.5 Å². The topological polar surface area (TPSA) is 77.4 Å². The molecule has 1 amide bonds. The van der Waals surface area contributed by atoms with Gasteiger partial charge >= 0.3 is 5.97 Å². The molecule has 29 heavy (non-hydrogen) atoms. The molecule has 6 nitrogen and oxygen atoms in total. The third-order valence-electron chi connectivity index (χ3n) is 5.10. The summed E-state index contributed by atoms with van der Waals surface area (Å²) in [6.07, 6.45) is 4.29. The van der Waals surface area contributed by atoms with Gasteiger partial charge in [0, 0.05) is 30.0 Å². The summed E-state index contributed by atoms with van der Waals surface area (Å²) in [5.41, 5.74) is 3.30. The first-order valence-corrected chi connectivity index (χ1v) is 10.5. The maximum Gasteiger partial charge on any atom is 0.343 e. The number of hydrogen-bond acceptors (Lipinski definition) is 4. The van der Waals surface area contributed by atoms with Crippen LogP contribution in [0.3, 0.4) is 0 Å². The van der Waals surface area contributed by atoms with Crippen molar-refractivity contribution in [3.05, 3.63) is 61.5 Å². The molecule has 1 heterocycles. The van der Waals surface area contributed by atoms with Crippen molar-refractivity contribution < 1.29 is 14.3 Å². The van der Waals surface area contributed by atoms with E-state index in [0.29, 0.717) is 16.9 Å². The van der Waals surface area contributed by atoms with Gasteiger partial charge in [0.1, 0.15) is 5.56 Å². The van der Waals surface area contributed by atoms with Crippen LogP contribution in [0.25, 0.3) is 0 Å². The van der Waals surface area contributed by atoms with Crippen LogP contribution in [0, 0.1) is 20.8 Å². The highest BCUT2D eigenvalue weighted by molar-refractivity contribution is 9.10. The van der Waals surface area contributed by atoms with Crippen molar-refractivity contribution in [3.63, 3.8) is 0 Å².